The molecule has 2 fully saturated rings. The van der Waals surface area contributed by atoms with Crippen molar-refractivity contribution in [1.82, 2.24) is 19.8 Å². The molecule has 232 valence electrons. The highest BCUT2D eigenvalue weighted by Gasteiger charge is 2.28. The lowest BCUT2D eigenvalue weighted by molar-refractivity contribution is 0.0600. The van der Waals surface area contributed by atoms with Gasteiger partial charge in [-0.1, -0.05) is 12.1 Å². The number of nitrogens with zero attached hydrogens (tertiary/aromatic N) is 5. The number of hydrogen-bond donors (Lipinski definition) is 2. The van der Waals surface area contributed by atoms with Crippen molar-refractivity contribution < 1.29 is 23.1 Å². The van der Waals surface area contributed by atoms with Gasteiger partial charge in [0.1, 0.15) is 11.4 Å². The minimum Gasteiger partial charge on any atom is -0.450 e. The maximum Gasteiger partial charge on any atom is 0.289 e. The first-order valence-electron chi connectivity index (χ1n) is 14.8. The Labute approximate surface area is 262 Å². The lowest BCUT2D eigenvalue weighted by Gasteiger charge is -2.34. The maximum atomic E-state index is 15.0. The molecule has 0 atom stereocenters. The normalized spacial score (nSPS) is 16.1. The SMILES string of the molecule is Cc1c(CN2CCN(C(=O)c3cc4cccc(C(N)=O)c4o3)CC2)sc2c(N3CCOCC3)nc(-c3ccc(N)cc3F)nc12. The van der Waals surface area contributed by atoms with E-state index in [1.807, 2.05) is 0 Å². The zero-order valence-electron chi connectivity index (χ0n) is 24.7. The number of primary amides is 1. The van der Waals surface area contributed by atoms with Crippen molar-refractivity contribution in [3.63, 3.8) is 0 Å². The second kappa shape index (κ2) is 11.7. The Balaban J connectivity index is 1.12. The number of nitrogen functional groups attached to an aromatic ring is 1. The van der Waals surface area contributed by atoms with Gasteiger partial charge in [0.15, 0.2) is 17.4 Å². The second-order valence-corrected chi connectivity index (χ2v) is 12.4. The van der Waals surface area contributed by atoms with Crippen molar-refractivity contribution in [2.45, 2.75) is 13.5 Å². The van der Waals surface area contributed by atoms with Crippen LogP contribution in [0.25, 0.3) is 32.6 Å². The lowest BCUT2D eigenvalue weighted by Crippen LogP contribution is -2.48. The van der Waals surface area contributed by atoms with E-state index >= 15 is 0 Å². The number of nitrogens with two attached hydrogens (primary N) is 2. The van der Waals surface area contributed by atoms with Gasteiger partial charge in [0, 0.05) is 61.8 Å². The van der Waals surface area contributed by atoms with E-state index in [1.54, 1.807) is 52.6 Å². The van der Waals surface area contributed by atoms with Crippen LogP contribution in [0.4, 0.5) is 15.9 Å². The van der Waals surface area contributed by atoms with Gasteiger partial charge in [-0.3, -0.25) is 14.5 Å². The average Bonchev–Trinajstić information content (AvgIpc) is 3.62. The first kappa shape index (κ1) is 29.1. The molecular formula is C32H32FN7O4S. The van der Waals surface area contributed by atoms with E-state index in [-0.39, 0.29) is 17.2 Å². The van der Waals surface area contributed by atoms with Crippen molar-refractivity contribution in [3.8, 4) is 11.4 Å². The number of aryl methyl sites for hydroxylation is 1. The molecule has 5 heterocycles. The third-order valence-electron chi connectivity index (χ3n) is 8.44. The van der Waals surface area contributed by atoms with Gasteiger partial charge in [-0.2, -0.15) is 0 Å². The number of amides is 2. The summed E-state index contributed by atoms with van der Waals surface area (Å²) in [7, 11) is 0. The Morgan fingerprint density at radius 3 is 2.53 bits per heavy atom. The number of benzene rings is 2. The average molecular weight is 630 g/mol. The third-order valence-corrected chi connectivity index (χ3v) is 9.70. The van der Waals surface area contributed by atoms with Gasteiger partial charge in [0.2, 0.25) is 0 Å². The lowest BCUT2D eigenvalue weighted by atomic mass is 10.1. The molecule has 11 nitrogen and oxygen atoms in total. The summed E-state index contributed by atoms with van der Waals surface area (Å²) in [5.74, 6) is 0.0287. The van der Waals surface area contributed by atoms with Gasteiger partial charge in [0.25, 0.3) is 11.8 Å². The summed E-state index contributed by atoms with van der Waals surface area (Å²) in [6.07, 6.45) is 0. The van der Waals surface area contributed by atoms with E-state index in [9.17, 15) is 14.0 Å². The highest BCUT2D eigenvalue weighted by molar-refractivity contribution is 7.19. The van der Waals surface area contributed by atoms with E-state index in [0.717, 1.165) is 26.5 Å². The molecule has 2 aliphatic heterocycles. The summed E-state index contributed by atoms with van der Waals surface area (Å²) in [6.45, 7) is 7.72. The summed E-state index contributed by atoms with van der Waals surface area (Å²) in [4.78, 5) is 42.2. The van der Waals surface area contributed by atoms with Crippen molar-refractivity contribution in [2.75, 3.05) is 63.1 Å². The number of fused-ring (bicyclic) bond motifs is 2. The van der Waals surface area contributed by atoms with Crippen molar-refractivity contribution in [3.05, 3.63) is 70.0 Å². The molecule has 0 radical (unpaired) electrons. The minimum atomic E-state index is -0.601. The first-order chi connectivity index (χ1) is 21.8. The fourth-order valence-corrected chi connectivity index (χ4v) is 7.23. The molecule has 2 amide bonds. The molecule has 4 N–H and O–H groups in total. The summed E-state index contributed by atoms with van der Waals surface area (Å²) >= 11 is 1.66. The zero-order valence-corrected chi connectivity index (χ0v) is 25.5. The molecule has 2 aliphatic rings. The predicted molar refractivity (Wildman–Crippen MR) is 171 cm³/mol. The molecule has 0 bridgehead atoms. The Hall–Kier alpha value is -4.59. The van der Waals surface area contributed by atoms with Gasteiger partial charge in [-0.15, -0.1) is 11.3 Å². The zero-order chi connectivity index (χ0) is 31.2. The largest absolute Gasteiger partial charge is 0.450 e. The molecule has 0 saturated carbocycles. The fraction of sp³-hybridized carbons (Fsp3) is 0.312. The molecule has 3 aromatic heterocycles. The number of morpholine rings is 1. The second-order valence-electron chi connectivity index (χ2n) is 11.3. The molecule has 2 aromatic carbocycles. The highest BCUT2D eigenvalue weighted by Crippen LogP contribution is 2.38. The third kappa shape index (κ3) is 5.47. The molecule has 45 heavy (non-hydrogen) atoms. The van der Waals surface area contributed by atoms with Crippen LogP contribution in [0.15, 0.2) is 46.9 Å². The summed E-state index contributed by atoms with van der Waals surface area (Å²) < 4.78 is 27.3. The minimum absolute atomic E-state index is 0.190. The molecule has 7 rings (SSSR count). The quantitative estimate of drug-likeness (QED) is 0.266. The number of rotatable bonds is 6. The van der Waals surface area contributed by atoms with Crippen LogP contribution in [0.2, 0.25) is 0 Å². The van der Waals surface area contributed by atoms with Gasteiger partial charge in [-0.25, -0.2) is 14.4 Å². The Kier molecular flexibility index (Phi) is 7.59. The monoisotopic (exact) mass is 629 g/mol. The Morgan fingerprint density at radius 2 is 1.80 bits per heavy atom. The Morgan fingerprint density at radius 1 is 1.02 bits per heavy atom. The Bertz CT molecular complexity index is 1940. The van der Waals surface area contributed by atoms with Crippen molar-refractivity contribution in [2.24, 2.45) is 5.73 Å². The van der Waals surface area contributed by atoms with Crippen LogP contribution < -0.4 is 16.4 Å². The summed E-state index contributed by atoms with van der Waals surface area (Å²) in [5.41, 5.74) is 14.4. The van der Waals surface area contributed by atoms with Gasteiger partial charge in [-0.05, 0) is 42.8 Å². The number of carbonyl (C=O) groups is 2. The summed E-state index contributed by atoms with van der Waals surface area (Å²) in [5, 5.41) is 0.662. The van der Waals surface area contributed by atoms with Crippen LogP contribution in [-0.2, 0) is 11.3 Å². The highest BCUT2D eigenvalue weighted by atomic mass is 32.1. The smallest absolute Gasteiger partial charge is 0.289 e. The molecule has 2 saturated heterocycles. The van der Waals surface area contributed by atoms with Crippen LogP contribution in [-0.4, -0.2) is 84.1 Å². The number of para-hydroxylation sites is 1. The van der Waals surface area contributed by atoms with Gasteiger partial charge >= 0.3 is 0 Å². The summed E-state index contributed by atoms with van der Waals surface area (Å²) in [6, 6.07) is 11.3. The van der Waals surface area contributed by atoms with Crippen LogP contribution in [0.5, 0.6) is 0 Å². The molecule has 5 aromatic rings. The van der Waals surface area contributed by atoms with Crippen LogP contribution >= 0.6 is 11.3 Å². The predicted octanol–water partition coefficient (Wildman–Crippen LogP) is 4.03. The molecule has 0 aliphatic carbocycles. The van der Waals surface area contributed by atoms with E-state index in [2.05, 4.69) is 16.7 Å². The first-order valence-corrected chi connectivity index (χ1v) is 15.6. The van der Waals surface area contributed by atoms with Crippen molar-refractivity contribution in [1.29, 1.82) is 0 Å². The van der Waals surface area contributed by atoms with Crippen molar-refractivity contribution >= 4 is 55.8 Å². The van der Waals surface area contributed by atoms with E-state index < -0.39 is 11.7 Å². The number of hydrogen-bond acceptors (Lipinski definition) is 10. The number of thiophene rings is 1. The van der Waals surface area contributed by atoms with Crippen LogP contribution in [0, 0.1) is 12.7 Å². The fourth-order valence-electron chi connectivity index (χ4n) is 5.92. The number of piperazine rings is 1. The number of halogens is 1. The molecule has 0 spiro atoms. The number of aromatic nitrogens is 2. The molecular weight excluding hydrogens is 597 g/mol. The number of furan rings is 1. The van der Waals surface area contributed by atoms with E-state index in [0.29, 0.717) is 87.1 Å². The number of anilines is 2. The van der Waals surface area contributed by atoms with E-state index in [4.69, 9.17) is 30.6 Å². The number of carbonyl (C=O) groups excluding carboxylic acids is 2. The van der Waals surface area contributed by atoms with Crippen LogP contribution in [0.3, 0.4) is 0 Å². The van der Waals surface area contributed by atoms with E-state index in [1.165, 1.54) is 6.07 Å². The number of ether oxygens (including phenoxy) is 1. The van der Waals surface area contributed by atoms with Gasteiger partial charge in [0.05, 0.1) is 34.6 Å². The standard InChI is InChI=1S/C32H32FN7O4S/c1-18-25(17-38-7-9-40(10-8-38)32(42)24-15-19-3-2-4-22(29(35)41)27(19)44-24)45-28-26(18)36-30(21-6-5-20(34)16-23(21)33)37-31(28)39-11-13-43-14-12-39/h2-6,15-16H,7-14,17,34H2,1H3,(H2,35,41). The topological polar surface area (TPSA) is 144 Å². The van der Waals surface area contributed by atoms with Gasteiger partial charge < -0.3 is 30.4 Å². The molecule has 0 unspecified atom stereocenters. The maximum absolute atomic E-state index is 15.0. The molecule has 13 heteroatoms. The van der Waals surface area contributed by atoms with Crippen LogP contribution in [0.1, 0.15) is 31.4 Å².